The van der Waals surface area contributed by atoms with Gasteiger partial charge >= 0.3 is 12.1 Å². The number of aliphatic carboxylic acids is 1. The van der Waals surface area contributed by atoms with Crippen molar-refractivity contribution >= 4 is 30.6 Å². The molecule has 2 amide bonds. The van der Waals surface area contributed by atoms with Crippen LogP contribution in [0.15, 0.2) is 48.5 Å². The number of nitrogens with one attached hydrogen (secondary N) is 2. The standard InChI is InChI=1S/C26H32N2O5S/c1-15(2)13-21(23(29)28-22(24(30)31)26(3,4)34)27-25(32)33-14-20-18-11-7-5-9-16(18)17-10-6-8-12-19(17)20/h5-12,15,20-22,34H,13-14H2,1-4H3,(H,27,32)(H,28,29)(H,30,31)/t21-,22+/m0/s1. The number of rotatable bonds is 9. The van der Waals surface area contributed by atoms with Crippen molar-refractivity contribution in [1.82, 2.24) is 10.6 Å². The Bertz CT molecular complexity index is 1020. The van der Waals surface area contributed by atoms with Crippen molar-refractivity contribution in [1.29, 1.82) is 0 Å². The third kappa shape index (κ3) is 5.91. The van der Waals surface area contributed by atoms with E-state index >= 15 is 0 Å². The third-order valence-corrected chi connectivity index (χ3v) is 6.16. The lowest BCUT2D eigenvalue weighted by Gasteiger charge is -2.29. The minimum Gasteiger partial charge on any atom is -0.480 e. The quantitative estimate of drug-likeness (QED) is 0.399. The van der Waals surface area contributed by atoms with Gasteiger partial charge in [-0.05, 0) is 48.4 Å². The summed E-state index contributed by atoms with van der Waals surface area (Å²) < 4.78 is 4.57. The highest BCUT2D eigenvalue weighted by atomic mass is 32.1. The average Bonchev–Trinajstić information content (AvgIpc) is 3.08. The second-order valence-electron chi connectivity index (χ2n) is 9.59. The van der Waals surface area contributed by atoms with Gasteiger partial charge in [-0.3, -0.25) is 4.79 Å². The van der Waals surface area contributed by atoms with E-state index in [0.29, 0.717) is 6.42 Å². The molecule has 0 heterocycles. The molecule has 0 saturated carbocycles. The van der Waals surface area contributed by atoms with E-state index in [4.69, 9.17) is 4.74 Å². The van der Waals surface area contributed by atoms with Gasteiger partial charge < -0.3 is 20.5 Å². The van der Waals surface area contributed by atoms with Crippen molar-refractivity contribution in [3.63, 3.8) is 0 Å². The lowest BCUT2D eigenvalue weighted by Crippen LogP contribution is -2.57. The van der Waals surface area contributed by atoms with Crippen LogP contribution in [-0.4, -0.2) is 46.5 Å². The van der Waals surface area contributed by atoms with E-state index in [1.807, 2.05) is 50.2 Å². The Hall–Kier alpha value is -3.00. The summed E-state index contributed by atoms with van der Waals surface area (Å²) in [6.45, 7) is 7.16. The predicted octanol–water partition coefficient (Wildman–Crippen LogP) is 4.22. The van der Waals surface area contributed by atoms with Crippen LogP contribution in [0.4, 0.5) is 4.79 Å². The van der Waals surface area contributed by atoms with Gasteiger partial charge in [0.15, 0.2) is 0 Å². The first-order valence-electron chi connectivity index (χ1n) is 11.4. The van der Waals surface area contributed by atoms with E-state index in [9.17, 15) is 19.5 Å². The van der Waals surface area contributed by atoms with E-state index in [1.54, 1.807) is 13.8 Å². The number of carboxylic acids is 1. The maximum Gasteiger partial charge on any atom is 0.407 e. The molecule has 0 fully saturated rings. The van der Waals surface area contributed by atoms with Crippen LogP contribution in [0.3, 0.4) is 0 Å². The summed E-state index contributed by atoms with van der Waals surface area (Å²) in [5, 5.41) is 14.6. The summed E-state index contributed by atoms with van der Waals surface area (Å²) in [4.78, 5) is 37.2. The molecule has 2 aromatic rings. The molecule has 0 bridgehead atoms. The molecular formula is C26H32N2O5S. The van der Waals surface area contributed by atoms with Crippen molar-refractivity contribution in [2.75, 3.05) is 6.61 Å². The molecule has 182 valence electrons. The minimum absolute atomic E-state index is 0.0805. The van der Waals surface area contributed by atoms with E-state index in [0.717, 1.165) is 22.3 Å². The molecule has 34 heavy (non-hydrogen) atoms. The summed E-state index contributed by atoms with van der Waals surface area (Å²) in [5.41, 5.74) is 4.43. The first-order chi connectivity index (χ1) is 16.0. The number of benzene rings is 2. The van der Waals surface area contributed by atoms with Gasteiger partial charge in [0.25, 0.3) is 0 Å². The van der Waals surface area contributed by atoms with Gasteiger partial charge in [-0.15, -0.1) is 0 Å². The number of hydrogen-bond donors (Lipinski definition) is 4. The second kappa shape index (κ2) is 10.5. The largest absolute Gasteiger partial charge is 0.480 e. The first-order valence-corrected chi connectivity index (χ1v) is 11.8. The smallest absolute Gasteiger partial charge is 0.407 e. The molecule has 0 aliphatic heterocycles. The number of carbonyl (C=O) groups excluding carboxylic acids is 2. The molecular weight excluding hydrogens is 452 g/mol. The summed E-state index contributed by atoms with van der Waals surface area (Å²) >= 11 is 4.29. The van der Waals surface area contributed by atoms with Crippen molar-refractivity contribution in [2.24, 2.45) is 5.92 Å². The van der Waals surface area contributed by atoms with Crippen LogP contribution in [-0.2, 0) is 14.3 Å². The van der Waals surface area contributed by atoms with Gasteiger partial charge in [0.05, 0.1) is 0 Å². The molecule has 2 atom stereocenters. The highest BCUT2D eigenvalue weighted by Crippen LogP contribution is 2.44. The Morgan fingerprint density at radius 3 is 2.00 bits per heavy atom. The monoisotopic (exact) mass is 484 g/mol. The normalized spacial score (nSPS) is 14.6. The molecule has 2 aromatic carbocycles. The fourth-order valence-corrected chi connectivity index (χ4v) is 4.44. The first kappa shape index (κ1) is 25.6. The van der Waals surface area contributed by atoms with Gasteiger partial charge in [-0.25, -0.2) is 9.59 Å². The van der Waals surface area contributed by atoms with Crippen molar-refractivity contribution in [3.8, 4) is 11.1 Å². The molecule has 1 aliphatic rings. The van der Waals surface area contributed by atoms with Crippen molar-refractivity contribution in [3.05, 3.63) is 59.7 Å². The van der Waals surface area contributed by atoms with Crippen LogP contribution in [0.5, 0.6) is 0 Å². The number of alkyl carbamates (subject to hydrolysis) is 1. The van der Waals surface area contributed by atoms with Crippen molar-refractivity contribution in [2.45, 2.75) is 56.9 Å². The highest BCUT2D eigenvalue weighted by molar-refractivity contribution is 7.81. The number of amides is 2. The topological polar surface area (TPSA) is 105 Å². The van der Waals surface area contributed by atoms with Crippen LogP contribution in [0.25, 0.3) is 11.1 Å². The minimum atomic E-state index is -1.22. The van der Waals surface area contributed by atoms with Crippen LogP contribution < -0.4 is 10.6 Å². The van der Waals surface area contributed by atoms with E-state index in [1.165, 1.54) is 0 Å². The molecule has 3 rings (SSSR count). The van der Waals surface area contributed by atoms with E-state index < -0.39 is 34.8 Å². The van der Waals surface area contributed by atoms with Gasteiger partial charge in [-0.1, -0.05) is 62.4 Å². The van der Waals surface area contributed by atoms with Crippen LogP contribution in [0, 0.1) is 5.92 Å². The van der Waals surface area contributed by atoms with Gasteiger partial charge in [0.2, 0.25) is 5.91 Å². The predicted molar refractivity (Wildman–Crippen MR) is 134 cm³/mol. The number of carbonyl (C=O) groups is 3. The lowest BCUT2D eigenvalue weighted by atomic mass is 9.98. The Morgan fingerprint density at radius 2 is 1.53 bits per heavy atom. The Balaban J connectivity index is 1.69. The molecule has 0 spiro atoms. The molecule has 0 unspecified atom stereocenters. The maximum atomic E-state index is 12.9. The average molecular weight is 485 g/mol. The van der Waals surface area contributed by atoms with Gasteiger partial charge in [-0.2, -0.15) is 12.6 Å². The zero-order chi connectivity index (χ0) is 25.0. The van der Waals surface area contributed by atoms with Crippen molar-refractivity contribution < 1.29 is 24.2 Å². The SMILES string of the molecule is CC(C)C[C@H](NC(=O)OCC1c2ccccc2-c2ccccc21)C(=O)N[C@H](C(=O)O)C(C)(C)S. The van der Waals surface area contributed by atoms with E-state index in [2.05, 4.69) is 35.4 Å². The fraction of sp³-hybridized carbons (Fsp3) is 0.423. The van der Waals surface area contributed by atoms with E-state index in [-0.39, 0.29) is 18.4 Å². The second-order valence-corrected chi connectivity index (χ2v) is 10.7. The Kier molecular flexibility index (Phi) is 7.92. The highest BCUT2D eigenvalue weighted by Gasteiger charge is 2.36. The molecule has 0 saturated heterocycles. The number of thiol groups is 1. The maximum absolute atomic E-state index is 12.9. The molecule has 0 aromatic heterocycles. The molecule has 1 aliphatic carbocycles. The third-order valence-electron chi connectivity index (χ3n) is 5.90. The van der Waals surface area contributed by atoms with Crippen LogP contribution in [0.1, 0.15) is 51.2 Å². The zero-order valence-corrected chi connectivity index (χ0v) is 20.8. The summed E-state index contributed by atoms with van der Waals surface area (Å²) in [6.07, 6.45) is -0.394. The van der Waals surface area contributed by atoms with Crippen LogP contribution in [0.2, 0.25) is 0 Å². The Morgan fingerprint density at radius 1 is 1.00 bits per heavy atom. The number of hydrogen-bond acceptors (Lipinski definition) is 5. The summed E-state index contributed by atoms with van der Waals surface area (Å²) in [7, 11) is 0. The number of ether oxygens (including phenoxy) is 1. The molecule has 3 N–H and O–H groups in total. The Labute approximate surface area is 205 Å². The zero-order valence-electron chi connectivity index (χ0n) is 19.9. The van der Waals surface area contributed by atoms with Gasteiger partial charge in [0, 0.05) is 10.7 Å². The number of carboxylic acid groups (broad SMARTS) is 1. The fourth-order valence-electron chi connectivity index (χ4n) is 4.27. The lowest BCUT2D eigenvalue weighted by molar-refractivity contribution is -0.142. The van der Waals surface area contributed by atoms with Crippen LogP contribution >= 0.6 is 12.6 Å². The summed E-state index contributed by atoms with van der Waals surface area (Å²) in [5.74, 6) is -1.80. The molecule has 8 heteroatoms. The summed E-state index contributed by atoms with van der Waals surface area (Å²) in [6, 6.07) is 13.9. The van der Waals surface area contributed by atoms with Gasteiger partial charge in [0.1, 0.15) is 18.7 Å². The molecule has 7 nitrogen and oxygen atoms in total. The molecule has 0 radical (unpaired) electrons. The number of fused-ring (bicyclic) bond motifs is 3.